The molecule has 0 aliphatic rings. The van der Waals surface area contributed by atoms with Crippen LogP contribution in [-0.2, 0) is 18.4 Å². The number of unbranched alkanes of at least 4 members (excludes halogenated alkanes) is 2. The van der Waals surface area contributed by atoms with Crippen LogP contribution in [0.3, 0.4) is 0 Å². The number of halogens is 2. The molecule has 1 heterocycles. The molecule has 4 aromatic rings. The van der Waals surface area contributed by atoms with E-state index >= 15 is 0 Å². The molecule has 1 aromatic heterocycles. The van der Waals surface area contributed by atoms with Gasteiger partial charge < -0.3 is 11.1 Å². The number of carbonyl (C=O) groups is 1. The predicted octanol–water partition coefficient (Wildman–Crippen LogP) is 5.73. The highest BCUT2D eigenvalue weighted by atomic mass is 35.5. The number of benzene rings is 3. The minimum absolute atomic E-state index is 0.0633. The van der Waals surface area contributed by atoms with Gasteiger partial charge in [0.2, 0.25) is 5.91 Å². The van der Waals surface area contributed by atoms with Crippen molar-refractivity contribution < 1.29 is 9.36 Å². The number of hydrogen-bond acceptors (Lipinski definition) is 2. The van der Waals surface area contributed by atoms with Gasteiger partial charge >= 0.3 is 0 Å². The van der Waals surface area contributed by atoms with Crippen molar-refractivity contribution in [2.45, 2.75) is 32.2 Å². The van der Waals surface area contributed by atoms with E-state index in [1.165, 1.54) is 16.3 Å². The van der Waals surface area contributed by atoms with E-state index in [2.05, 4.69) is 69.1 Å². The number of hydrogen-bond donors (Lipinski definition) is 2. The fourth-order valence-electron chi connectivity index (χ4n) is 4.47. The lowest BCUT2D eigenvalue weighted by Crippen LogP contribution is -2.31. The van der Waals surface area contributed by atoms with Gasteiger partial charge in [-0.3, -0.25) is 4.79 Å². The van der Waals surface area contributed by atoms with Crippen LogP contribution in [0.4, 0.5) is 0 Å². The summed E-state index contributed by atoms with van der Waals surface area (Å²) in [6.07, 6.45) is 7.59. The SMILES string of the molecule is C[n+]1c(/C=C/c2cccc3ccccc23)n(CCCCCC(=O)NCCN)c2cc(Cl)c(Cl)cc21. The minimum Gasteiger partial charge on any atom is -0.355 e. The maximum Gasteiger partial charge on any atom is 0.282 e. The van der Waals surface area contributed by atoms with Gasteiger partial charge in [0.1, 0.15) is 0 Å². The molecule has 35 heavy (non-hydrogen) atoms. The molecule has 0 bridgehead atoms. The van der Waals surface area contributed by atoms with Gasteiger partial charge in [0.25, 0.3) is 5.82 Å². The molecule has 1 amide bonds. The fourth-order valence-corrected chi connectivity index (χ4v) is 4.78. The third kappa shape index (κ3) is 5.87. The Labute approximate surface area is 216 Å². The quantitative estimate of drug-likeness (QED) is 0.211. The first kappa shape index (κ1) is 25.2. The van der Waals surface area contributed by atoms with Crippen molar-refractivity contribution in [3.63, 3.8) is 0 Å². The van der Waals surface area contributed by atoms with E-state index in [0.717, 1.165) is 42.7 Å². The zero-order valence-corrected chi connectivity index (χ0v) is 21.4. The van der Waals surface area contributed by atoms with Crippen molar-refractivity contribution in [2.24, 2.45) is 12.8 Å². The molecule has 0 radical (unpaired) electrons. The maximum absolute atomic E-state index is 11.8. The molecule has 0 saturated carbocycles. The Morgan fingerprint density at radius 3 is 2.63 bits per heavy atom. The Bertz CT molecular complexity index is 1370. The van der Waals surface area contributed by atoms with Crippen molar-refractivity contribution in [2.75, 3.05) is 13.1 Å². The first-order valence-corrected chi connectivity index (χ1v) is 12.7. The second-order valence-corrected chi connectivity index (χ2v) is 9.49. The molecule has 0 aliphatic carbocycles. The summed E-state index contributed by atoms with van der Waals surface area (Å²) < 4.78 is 4.44. The van der Waals surface area contributed by atoms with Crippen LogP contribution in [0.1, 0.15) is 37.1 Å². The van der Waals surface area contributed by atoms with Gasteiger partial charge in [-0.15, -0.1) is 0 Å². The number of carbonyl (C=O) groups excluding carboxylic acids is 1. The largest absolute Gasteiger partial charge is 0.355 e. The summed E-state index contributed by atoms with van der Waals surface area (Å²) in [6.45, 7) is 1.81. The smallest absolute Gasteiger partial charge is 0.282 e. The molecule has 3 N–H and O–H groups in total. The lowest BCUT2D eigenvalue weighted by Gasteiger charge is -2.04. The first-order valence-electron chi connectivity index (χ1n) is 12.0. The molecule has 0 unspecified atom stereocenters. The summed E-state index contributed by atoms with van der Waals surface area (Å²) in [6, 6.07) is 18.6. The van der Waals surface area contributed by atoms with Crippen molar-refractivity contribution in [3.8, 4) is 0 Å². The van der Waals surface area contributed by atoms with Gasteiger partial charge in [0.05, 0.1) is 23.6 Å². The zero-order valence-electron chi connectivity index (χ0n) is 19.9. The number of aryl methyl sites for hydroxylation is 2. The summed E-state index contributed by atoms with van der Waals surface area (Å²) in [4.78, 5) is 11.8. The molecule has 3 aromatic carbocycles. The van der Waals surface area contributed by atoms with Gasteiger partial charge in [-0.05, 0) is 41.7 Å². The van der Waals surface area contributed by atoms with E-state index in [1.807, 2.05) is 19.2 Å². The Morgan fingerprint density at radius 1 is 1.03 bits per heavy atom. The second kappa shape index (κ2) is 11.7. The molecule has 0 spiro atoms. The average molecular weight is 510 g/mol. The molecule has 0 saturated heterocycles. The van der Waals surface area contributed by atoms with E-state index in [1.54, 1.807) is 0 Å². The second-order valence-electron chi connectivity index (χ2n) is 8.67. The number of rotatable bonds is 10. The molecule has 4 rings (SSSR count). The summed E-state index contributed by atoms with van der Waals surface area (Å²) in [5.41, 5.74) is 8.68. The van der Waals surface area contributed by atoms with Crippen molar-refractivity contribution in [1.29, 1.82) is 0 Å². The summed E-state index contributed by atoms with van der Waals surface area (Å²) in [5.74, 6) is 1.13. The number of nitrogens with zero attached hydrogens (tertiary/aromatic N) is 2. The maximum atomic E-state index is 11.8. The summed E-state index contributed by atoms with van der Waals surface area (Å²) >= 11 is 12.7. The standard InChI is InChI=1S/C28H30Cl2N4O/c1-33-25-18-23(29)24(30)19-26(25)34(17-6-2-3-12-27(35)32-16-15-31)28(33)14-13-21-10-7-9-20-8-4-5-11-22(20)21/h4-5,7-11,13-14,18-19H,2-3,6,12,15-17,31H2,1H3/p+1/b14-13+. The Hall–Kier alpha value is -2.86. The van der Waals surface area contributed by atoms with Crippen LogP contribution in [0.25, 0.3) is 34.0 Å². The van der Waals surface area contributed by atoms with Gasteiger partial charge in [0.15, 0.2) is 11.0 Å². The van der Waals surface area contributed by atoms with E-state index in [-0.39, 0.29) is 5.91 Å². The molecule has 7 heteroatoms. The van der Waals surface area contributed by atoms with Crippen molar-refractivity contribution in [1.82, 2.24) is 9.88 Å². The average Bonchev–Trinajstić information content (AvgIpc) is 3.11. The summed E-state index contributed by atoms with van der Waals surface area (Å²) in [7, 11) is 2.05. The molecule has 182 valence electrons. The molecular formula is C28H31Cl2N4O+. The third-order valence-corrected chi connectivity index (χ3v) is 7.00. The third-order valence-electron chi connectivity index (χ3n) is 6.28. The molecular weight excluding hydrogens is 479 g/mol. The minimum atomic E-state index is 0.0633. The van der Waals surface area contributed by atoms with Gasteiger partial charge in [-0.25, -0.2) is 9.13 Å². The number of nitrogens with two attached hydrogens (primary N) is 1. The molecule has 0 atom stereocenters. The van der Waals surface area contributed by atoms with E-state index in [0.29, 0.717) is 29.6 Å². The molecule has 0 aliphatic heterocycles. The van der Waals surface area contributed by atoms with E-state index in [4.69, 9.17) is 28.9 Å². The molecule has 0 fully saturated rings. The Balaban J connectivity index is 1.60. The van der Waals surface area contributed by atoms with Crippen LogP contribution in [0, 0.1) is 0 Å². The predicted molar refractivity (Wildman–Crippen MR) is 147 cm³/mol. The van der Waals surface area contributed by atoms with Crippen molar-refractivity contribution in [3.05, 3.63) is 76.0 Å². The topological polar surface area (TPSA) is 63.9 Å². The number of aromatic nitrogens is 2. The highest BCUT2D eigenvalue weighted by Crippen LogP contribution is 2.29. The van der Waals surface area contributed by atoms with Crippen LogP contribution in [0.2, 0.25) is 10.0 Å². The van der Waals surface area contributed by atoms with Crippen LogP contribution < -0.4 is 15.6 Å². The lowest BCUT2D eigenvalue weighted by molar-refractivity contribution is -0.647. The highest BCUT2D eigenvalue weighted by molar-refractivity contribution is 6.42. The van der Waals surface area contributed by atoms with Gasteiger partial charge in [-0.2, -0.15) is 0 Å². The van der Waals surface area contributed by atoms with Gasteiger partial charge in [-0.1, -0.05) is 65.7 Å². The number of fused-ring (bicyclic) bond motifs is 2. The Morgan fingerprint density at radius 2 is 1.80 bits per heavy atom. The Kier molecular flexibility index (Phi) is 8.45. The van der Waals surface area contributed by atoms with Crippen LogP contribution in [0.15, 0.2) is 54.6 Å². The highest BCUT2D eigenvalue weighted by Gasteiger charge is 2.22. The lowest BCUT2D eigenvalue weighted by atomic mass is 10.0. The number of imidazole rings is 1. The normalized spacial score (nSPS) is 11.7. The summed E-state index contributed by atoms with van der Waals surface area (Å²) in [5, 5.41) is 6.34. The van der Waals surface area contributed by atoms with Crippen LogP contribution >= 0.6 is 23.2 Å². The van der Waals surface area contributed by atoms with E-state index < -0.39 is 0 Å². The van der Waals surface area contributed by atoms with Gasteiger partial charge in [0, 0.05) is 37.7 Å². The first-order chi connectivity index (χ1) is 17.0. The zero-order chi connectivity index (χ0) is 24.8. The molecule has 5 nitrogen and oxygen atoms in total. The van der Waals surface area contributed by atoms with Crippen LogP contribution in [-0.4, -0.2) is 23.6 Å². The van der Waals surface area contributed by atoms with Crippen molar-refractivity contribution >= 4 is 63.1 Å². The van der Waals surface area contributed by atoms with E-state index in [9.17, 15) is 4.79 Å². The number of amides is 1. The monoisotopic (exact) mass is 509 g/mol. The van der Waals surface area contributed by atoms with Crippen LogP contribution in [0.5, 0.6) is 0 Å². The number of nitrogens with one attached hydrogen (secondary N) is 1. The fraction of sp³-hybridized carbons (Fsp3) is 0.286.